The molecule has 5 heteroatoms. The maximum absolute atomic E-state index is 11.9. The number of thioether (sulfide) groups is 1. The molecule has 112 valence electrons. The summed E-state index contributed by atoms with van der Waals surface area (Å²) in [4.78, 5) is 16.3. The van der Waals surface area contributed by atoms with Crippen LogP contribution in [0.15, 0.2) is 40.6 Å². The highest BCUT2D eigenvalue weighted by Crippen LogP contribution is 2.30. The molecule has 1 N–H and O–H groups in total. The van der Waals surface area contributed by atoms with Gasteiger partial charge in [0.25, 0.3) is 0 Å². The summed E-state index contributed by atoms with van der Waals surface area (Å²) in [6, 6.07) is 7.89. The molecule has 1 aromatic rings. The van der Waals surface area contributed by atoms with Gasteiger partial charge in [0.1, 0.15) is 16.4 Å². The van der Waals surface area contributed by atoms with Gasteiger partial charge in [0.05, 0.1) is 18.0 Å². The Balaban J connectivity index is 2.26. The Morgan fingerprint density at radius 1 is 1.38 bits per heavy atom. The number of benzene rings is 1. The van der Waals surface area contributed by atoms with Crippen LogP contribution in [0.5, 0.6) is 0 Å². The van der Waals surface area contributed by atoms with Crippen LogP contribution < -0.4 is 0 Å². The number of aliphatic hydroxyl groups is 1. The smallest absolute Gasteiger partial charge is 0.344 e. The number of hydrogen-bond donors (Lipinski definition) is 1. The molecule has 1 heterocycles. The van der Waals surface area contributed by atoms with Gasteiger partial charge in [-0.3, -0.25) is 0 Å². The molecule has 2 rings (SSSR count). The summed E-state index contributed by atoms with van der Waals surface area (Å²) in [5.41, 5.74) is 2.19. The van der Waals surface area contributed by atoms with E-state index in [0.717, 1.165) is 5.69 Å². The van der Waals surface area contributed by atoms with E-state index in [1.807, 2.05) is 24.3 Å². The number of esters is 1. The number of rotatable bonds is 4. The van der Waals surface area contributed by atoms with Crippen LogP contribution in [0, 0.1) is 0 Å². The molecule has 1 aliphatic rings. The molecule has 0 aliphatic carbocycles. The Morgan fingerprint density at radius 3 is 2.62 bits per heavy atom. The van der Waals surface area contributed by atoms with Gasteiger partial charge in [-0.25, -0.2) is 9.79 Å². The summed E-state index contributed by atoms with van der Waals surface area (Å²) in [5.74, 6) is 0.344. The van der Waals surface area contributed by atoms with Crippen molar-refractivity contribution in [1.82, 2.24) is 0 Å². The van der Waals surface area contributed by atoms with Gasteiger partial charge in [-0.1, -0.05) is 37.7 Å². The van der Waals surface area contributed by atoms with Gasteiger partial charge in [-0.15, -0.1) is 0 Å². The summed E-state index contributed by atoms with van der Waals surface area (Å²) >= 11 is 1.34. The average molecular weight is 305 g/mol. The van der Waals surface area contributed by atoms with E-state index in [-0.39, 0.29) is 17.9 Å². The molecule has 0 unspecified atom stereocenters. The molecule has 0 bridgehead atoms. The van der Waals surface area contributed by atoms with Gasteiger partial charge in [0, 0.05) is 0 Å². The van der Waals surface area contributed by atoms with Crippen molar-refractivity contribution in [2.45, 2.75) is 26.7 Å². The van der Waals surface area contributed by atoms with Crippen LogP contribution >= 0.6 is 11.8 Å². The number of aliphatic hydroxyl groups excluding tert-OH is 1. The highest BCUT2D eigenvalue weighted by atomic mass is 32.2. The Morgan fingerprint density at radius 2 is 2.05 bits per heavy atom. The summed E-state index contributed by atoms with van der Waals surface area (Å²) < 4.78 is 4.96. The topological polar surface area (TPSA) is 58.9 Å². The number of carbonyl (C=O) groups is 1. The fourth-order valence-corrected chi connectivity index (χ4v) is 2.89. The minimum Gasteiger partial charge on any atom is -0.510 e. The number of carbonyl (C=O) groups excluding carboxylic acids is 1. The summed E-state index contributed by atoms with van der Waals surface area (Å²) in [6.07, 6.45) is 0. The maximum atomic E-state index is 11.9. The van der Waals surface area contributed by atoms with Crippen molar-refractivity contribution in [3.8, 4) is 0 Å². The molecule has 1 aliphatic heterocycles. The number of nitrogens with zero attached hydrogens (tertiary/aromatic N) is 1. The van der Waals surface area contributed by atoms with Gasteiger partial charge in [0.15, 0.2) is 0 Å². The van der Waals surface area contributed by atoms with E-state index < -0.39 is 5.97 Å². The maximum Gasteiger partial charge on any atom is 0.344 e. The lowest BCUT2D eigenvalue weighted by atomic mass is 10.0. The van der Waals surface area contributed by atoms with Crippen molar-refractivity contribution in [2.75, 3.05) is 12.4 Å². The first-order valence-electron chi connectivity index (χ1n) is 6.94. The molecule has 1 aromatic carbocycles. The molecular formula is C16H19NO3S. The second-order valence-corrected chi connectivity index (χ2v) is 5.96. The van der Waals surface area contributed by atoms with Gasteiger partial charge >= 0.3 is 5.97 Å². The van der Waals surface area contributed by atoms with E-state index in [2.05, 4.69) is 18.8 Å². The molecule has 0 saturated carbocycles. The third kappa shape index (κ3) is 3.67. The zero-order chi connectivity index (χ0) is 15.4. The molecule has 0 aromatic heterocycles. The van der Waals surface area contributed by atoms with Crippen molar-refractivity contribution >= 4 is 28.5 Å². The van der Waals surface area contributed by atoms with Crippen LogP contribution in [0.3, 0.4) is 0 Å². The van der Waals surface area contributed by atoms with E-state index in [1.54, 1.807) is 6.92 Å². The molecule has 0 saturated heterocycles. The largest absolute Gasteiger partial charge is 0.510 e. The first kappa shape index (κ1) is 15.6. The molecule has 0 amide bonds. The standard InChI is InChI=1S/C16H19NO3S/c1-4-20-16(19)14-13(18)9-21-15(14)17-12-7-5-11(6-8-12)10(2)3/h5-8,10,18H,4,9H2,1-3H3. The lowest BCUT2D eigenvalue weighted by molar-refractivity contribution is -0.138. The van der Waals surface area contributed by atoms with E-state index in [9.17, 15) is 9.90 Å². The third-order valence-corrected chi connectivity index (χ3v) is 4.10. The van der Waals surface area contributed by atoms with E-state index in [4.69, 9.17) is 4.74 Å². The molecule has 4 nitrogen and oxygen atoms in total. The fraction of sp³-hybridized carbons (Fsp3) is 0.375. The predicted molar refractivity (Wildman–Crippen MR) is 86.4 cm³/mol. The second-order valence-electron chi connectivity index (χ2n) is 4.99. The minimum absolute atomic E-state index is 0.0380. The number of aliphatic imine (C=N–C) groups is 1. The molecular weight excluding hydrogens is 286 g/mol. The Kier molecular flexibility index (Phi) is 5.07. The Bertz CT molecular complexity index is 588. The van der Waals surface area contributed by atoms with Crippen LogP contribution in [0.1, 0.15) is 32.3 Å². The van der Waals surface area contributed by atoms with Crippen molar-refractivity contribution in [3.63, 3.8) is 0 Å². The average Bonchev–Trinajstić information content (AvgIpc) is 2.80. The SMILES string of the molecule is CCOC(=O)C1=C(O)CSC1=Nc1ccc(C(C)C)cc1. The normalized spacial score (nSPS) is 16.9. The zero-order valence-electron chi connectivity index (χ0n) is 12.4. The quantitative estimate of drug-likeness (QED) is 0.855. The van der Waals surface area contributed by atoms with Gasteiger partial charge in [-0.05, 0) is 30.5 Å². The predicted octanol–water partition coefficient (Wildman–Crippen LogP) is 3.96. The van der Waals surface area contributed by atoms with Gasteiger partial charge < -0.3 is 9.84 Å². The second kappa shape index (κ2) is 6.80. The third-order valence-electron chi connectivity index (χ3n) is 3.12. The lowest BCUT2D eigenvalue weighted by Crippen LogP contribution is -2.12. The van der Waals surface area contributed by atoms with Crippen molar-refractivity contribution < 1.29 is 14.6 Å². The molecule has 0 atom stereocenters. The van der Waals surface area contributed by atoms with E-state index >= 15 is 0 Å². The molecule has 0 fully saturated rings. The fourth-order valence-electron chi connectivity index (χ4n) is 1.95. The summed E-state index contributed by atoms with van der Waals surface area (Å²) in [5, 5.41) is 10.3. The zero-order valence-corrected chi connectivity index (χ0v) is 13.2. The first-order valence-corrected chi connectivity index (χ1v) is 7.92. The van der Waals surface area contributed by atoms with Crippen molar-refractivity contribution in [3.05, 3.63) is 41.2 Å². The summed E-state index contributed by atoms with van der Waals surface area (Å²) in [7, 11) is 0. The van der Waals surface area contributed by atoms with Crippen LogP contribution in [-0.2, 0) is 9.53 Å². The molecule has 0 radical (unpaired) electrons. The van der Waals surface area contributed by atoms with Gasteiger partial charge in [0.2, 0.25) is 0 Å². The van der Waals surface area contributed by atoms with Gasteiger partial charge in [-0.2, -0.15) is 0 Å². The monoisotopic (exact) mass is 305 g/mol. The van der Waals surface area contributed by atoms with E-state index in [0.29, 0.717) is 16.7 Å². The van der Waals surface area contributed by atoms with Crippen LogP contribution in [0.4, 0.5) is 5.69 Å². The van der Waals surface area contributed by atoms with Crippen LogP contribution in [0.2, 0.25) is 0 Å². The summed E-state index contributed by atoms with van der Waals surface area (Å²) in [6.45, 7) is 6.27. The van der Waals surface area contributed by atoms with Crippen LogP contribution in [-0.4, -0.2) is 28.5 Å². The molecule has 21 heavy (non-hydrogen) atoms. The molecule has 0 spiro atoms. The number of ether oxygens (including phenoxy) is 1. The van der Waals surface area contributed by atoms with E-state index in [1.165, 1.54) is 17.3 Å². The lowest BCUT2D eigenvalue weighted by Gasteiger charge is -2.06. The van der Waals surface area contributed by atoms with Crippen molar-refractivity contribution in [2.24, 2.45) is 4.99 Å². The first-order chi connectivity index (χ1) is 10.0. The highest BCUT2D eigenvalue weighted by Gasteiger charge is 2.29. The number of hydrogen-bond acceptors (Lipinski definition) is 5. The highest BCUT2D eigenvalue weighted by molar-refractivity contribution is 8.15. The minimum atomic E-state index is -0.516. The van der Waals surface area contributed by atoms with Crippen LogP contribution in [0.25, 0.3) is 0 Å². The Labute approximate surface area is 128 Å². The van der Waals surface area contributed by atoms with Crippen molar-refractivity contribution in [1.29, 1.82) is 0 Å². The Hall–Kier alpha value is -1.75.